The molecule has 94 valence electrons. The highest BCUT2D eigenvalue weighted by Gasteiger charge is 2.04. The van der Waals surface area contributed by atoms with E-state index in [4.69, 9.17) is 0 Å². The summed E-state index contributed by atoms with van der Waals surface area (Å²) >= 11 is 0. The highest BCUT2D eigenvalue weighted by Crippen LogP contribution is 2.17. The van der Waals surface area contributed by atoms with Gasteiger partial charge in [0.25, 0.3) is 0 Å². The minimum Gasteiger partial charge on any atom is -0.376 e. The van der Waals surface area contributed by atoms with Crippen molar-refractivity contribution in [2.24, 2.45) is 0 Å². The van der Waals surface area contributed by atoms with Crippen molar-refractivity contribution in [3.05, 3.63) is 24.0 Å². The van der Waals surface area contributed by atoms with Crippen molar-refractivity contribution in [2.45, 2.75) is 45.2 Å². The Kier molecular flexibility index (Phi) is 6.75. The Balaban J connectivity index is 2.31. The molecule has 0 radical (unpaired) electrons. The zero-order valence-electron chi connectivity index (χ0n) is 11.6. The van der Waals surface area contributed by atoms with Gasteiger partial charge in [0.1, 0.15) is 7.28 Å². The van der Waals surface area contributed by atoms with Crippen molar-refractivity contribution < 1.29 is 0 Å². The molecular weight excluding hydrogens is 207 g/mol. The van der Waals surface area contributed by atoms with Crippen LogP contribution in [0.25, 0.3) is 0 Å². The third-order valence-electron chi connectivity index (χ3n) is 3.12. The fourth-order valence-electron chi connectivity index (χ4n) is 2.10. The maximum Gasteiger partial charge on any atom is 0.120 e. The second-order valence-electron chi connectivity index (χ2n) is 4.88. The molecule has 0 atom stereocenters. The van der Waals surface area contributed by atoms with Crippen LogP contribution in [0.5, 0.6) is 0 Å². The van der Waals surface area contributed by atoms with Crippen LogP contribution >= 0.6 is 0 Å². The Morgan fingerprint density at radius 3 is 2.71 bits per heavy atom. The molecule has 3 heteroatoms. The zero-order chi connectivity index (χ0) is 12.5. The predicted molar refractivity (Wildman–Crippen MR) is 78.6 cm³/mol. The minimum atomic E-state index is 1.11. The van der Waals surface area contributed by atoms with Crippen LogP contribution in [0.2, 0.25) is 12.6 Å². The van der Waals surface area contributed by atoms with Crippen molar-refractivity contribution in [2.75, 3.05) is 19.0 Å². The van der Waals surface area contributed by atoms with Gasteiger partial charge in [-0.25, -0.2) is 0 Å². The van der Waals surface area contributed by atoms with Gasteiger partial charge in [0, 0.05) is 20.3 Å². The SMILES string of the molecule is CCCCBCCCc1ncccc1N(C)C. The van der Waals surface area contributed by atoms with Crippen LogP contribution in [0.15, 0.2) is 18.3 Å². The number of aryl methyl sites for hydroxylation is 1. The Bertz CT molecular complexity index is 313. The molecule has 0 unspecified atom stereocenters. The third kappa shape index (κ3) is 5.25. The molecule has 1 aromatic rings. The number of hydrogen-bond acceptors (Lipinski definition) is 2. The van der Waals surface area contributed by atoms with Gasteiger partial charge >= 0.3 is 0 Å². The van der Waals surface area contributed by atoms with Crippen LogP contribution in [-0.2, 0) is 6.42 Å². The molecule has 0 aliphatic rings. The van der Waals surface area contributed by atoms with Crippen LogP contribution in [0.4, 0.5) is 5.69 Å². The van der Waals surface area contributed by atoms with E-state index in [1.807, 2.05) is 12.3 Å². The van der Waals surface area contributed by atoms with Gasteiger partial charge < -0.3 is 4.90 Å². The van der Waals surface area contributed by atoms with Crippen molar-refractivity contribution in [1.82, 2.24) is 4.98 Å². The van der Waals surface area contributed by atoms with Crippen molar-refractivity contribution >= 4 is 13.0 Å². The summed E-state index contributed by atoms with van der Waals surface area (Å²) in [4.78, 5) is 6.64. The first-order valence-electron chi connectivity index (χ1n) is 6.87. The molecule has 0 aromatic carbocycles. The van der Waals surface area contributed by atoms with Gasteiger partial charge in [-0.2, -0.15) is 0 Å². The Morgan fingerprint density at radius 1 is 1.24 bits per heavy atom. The molecule has 0 bridgehead atoms. The fraction of sp³-hybridized carbons (Fsp3) is 0.643. The highest BCUT2D eigenvalue weighted by atomic mass is 15.1. The van der Waals surface area contributed by atoms with E-state index < -0.39 is 0 Å². The van der Waals surface area contributed by atoms with Crippen molar-refractivity contribution in [1.29, 1.82) is 0 Å². The van der Waals surface area contributed by atoms with E-state index in [2.05, 4.69) is 37.0 Å². The molecule has 0 saturated carbocycles. The van der Waals surface area contributed by atoms with Gasteiger partial charge in [-0.1, -0.05) is 38.8 Å². The molecule has 0 spiro atoms. The number of aromatic nitrogens is 1. The molecule has 2 nitrogen and oxygen atoms in total. The average molecular weight is 232 g/mol. The summed E-state index contributed by atoms with van der Waals surface area (Å²) in [7, 11) is 5.54. The summed E-state index contributed by atoms with van der Waals surface area (Å²) in [5.41, 5.74) is 2.51. The minimum absolute atomic E-state index is 1.11. The van der Waals surface area contributed by atoms with Gasteiger partial charge in [-0.15, -0.1) is 0 Å². The molecule has 17 heavy (non-hydrogen) atoms. The van der Waals surface area contributed by atoms with E-state index in [9.17, 15) is 0 Å². The van der Waals surface area contributed by atoms with E-state index in [1.54, 1.807) is 0 Å². The summed E-state index contributed by atoms with van der Waals surface area (Å²) in [6.07, 6.45) is 9.71. The number of unbranched alkanes of at least 4 members (excludes halogenated alkanes) is 1. The van der Waals surface area contributed by atoms with Crippen LogP contribution in [0.3, 0.4) is 0 Å². The van der Waals surface area contributed by atoms with E-state index in [-0.39, 0.29) is 0 Å². The second-order valence-corrected chi connectivity index (χ2v) is 4.88. The van der Waals surface area contributed by atoms with Crippen molar-refractivity contribution in [3.8, 4) is 0 Å². The topological polar surface area (TPSA) is 16.1 Å². The number of anilines is 1. The maximum absolute atomic E-state index is 4.49. The Morgan fingerprint density at radius 2 is 2.00 bits per heavy atom. The Hall–Kier alpha value is -0.985. The van der Waals surface area contributed by atoms with Crippen LogP contribution in [0, 0.1) is 0 Å². The summed E-state index contributed by atoms with van der Waals surface area (Å²) in [5, 5.41) is 0. The number of pyridine rings is 1. The molecule has 1 rings (SSSR count). The molecule has 0 aliphatic heterocycles. The third-order valence-corrected chi connectivity index (χ3v) is 3.12. The normalized spacial score (nSPS) is 10.3. The number of rotatable bonds is 8. The quantitative estimate of drug-likeness (QED) is 0.505. The summed E-state index contributed by atoms with van der Waals surface area (Å²) in [6, 6.07) is 4.17. The summed E-state index contributed by atoms with van der Waals surface area (Å²) in [5.74, 6) is 0. The van der Waals surface area contributed by atoms with Gasteiger partial charge in [-0.3, -0.25) is 4.98 Å². The monoisotopic (exact) mass is 232 g/mol. The summed E-state index contributed by atoms with van der Waals surface area (Å²) < 4.78 is 0. The fourth-order valence-corrected chi connectivity index (χ4v) is 2.10. The molecule has 1 aromatic heterocycles. The first-order chi connectivity index (χ1) is 8.25. The smallest absolute Gasteiger partial charge is 0.120 e. The first kappa shape index (κ1) is 14.1. The van der Waals surface area contributed by atoms with Gasteiger partial charge in [0.2, 0.25) is 0 Å². The van der Waals surface area contributed by atoms with Crippen molar-refractivity contribution in [3.63, 3.8) is 0 Å². The van der Waals surface area contributed by atoms with Crippen LogP contribution < -0.4 is 4.90 Å². The van der Waals surface area contributed by atoms with Gasteiger partial charge in [0.15, 0.2) is 0 Å². The number of hydrogen-bond donors (Lipinski definition) is 0. The zero-order valence-corrected chi connectivity index (χ0v) is 11.6. The summed E-state index contributed by atoms with van der Waals surface area (Å²) in [6.45, 7) is 2.26. The lowest BCUT2D eigenvalue weighted by Gasteiger charge is -2.16. The van der Waals surface area contributed by atoms with Gasteiger partial charge in [-0.05, 0) is 18.6 Å². The lowest BCUT2D eigenvalue weighted by atomic mass is 9.68. The molecule has 0 amide bonds. The van der Waals surface area contributed by atoms with Gasteiger partial charge in [0.05, 0.1) is 11.4 Å². The second kappa shape index (κ2) is 8.16. The molecular formula is C14H25BN2. The highest BCUT2D eigenvalue weighted by molar-refractivity contribution is 6.35. The standard InChI is InChI=1S/C14H25BN2/c1-4-5-10-15-11-6-8-13-14(17(2)3)9-7-12-16-13/h7,9,12,15H,4-6,8,10-11H2,1-3H3. The maximum atomic E-state index is 4.49. The molecule has 0 fully saturated rings. The van der Waals surface area contributed by atoms with Crippen LogP contribution in [0.1, 0.15) is 31.9 Å². The lowest BCUT2D eigenvalue weighted by Crippen LogP contribution is -2.12. The lowest BCUT2D eigenvalue weighted by molar-refractivity contribution is 0.848. The van der Waals surface area contributed by atoms with E-state index in [1.165, 1.54) is 50.6 Å². The number of nitrogens with zero attached hydrogens (tertiary/aromatic N) is 2. The van der Waals surface area contributed by atoms with E-state index >= 15 is 0 Å². The Labute approximate surface area is 107 Å². The van der Waals surface area contributed by atoms with Crippen LogP contribution in [-0.4, -0.2) is 26.4 Å². The molecule has 0 saturated heterocycles. The molecule has 1 heterocycles. The molecule has 0 aliphatic carbocycles. The van der Waals surface area contributed by atoms with E-state index in [0.717, 1.165) is 6.42 Å². The largest absolute Gasteiger partial charge is 0.376 e. The predicted octanol–water partition coefficient (Wildman–Crippen LogP) is 3.15. The van der Waals surface area contributed by atoms with E-state index in [0.29, 0.717) is 0 Å². The first-order valence-corrected chi connectivity index (χ1v) is 6.87. The molecule has 0 N–H and O–H groups in total. The average Bonchev–Trinajstić information content (AvgIpc) is 2.34.